The Morgan fingerprint density at radius 3 is 2.56 bits per heavy atom. The Labute approximate surface area is 215 Å². The van der Waals surface area contributed by atoms with Crippen LogP contribution in [-0.4, -0.2) is 68.8 Å². The molecule has 3 aliphatic rings. The van der Waals surface area contributed by atoms with Crippen LogP contribution in [0.3, 0.4) is 0 Å². The van der Waals surface area contributed by atoms with Crippen molar-refractivity contribution in [3.8, 4) is 11.5 Å². The third kappa shape index (κ3) is 6.80. The maximum Gasteiger partial charge on any atom is 0.221 e. The molecule has 3 aliphatic heterocycles. The van der Waals surface area contributed by atoms with Crippen LogP contribution in [0.1, 0.15) is 36.8 Å². The van der Waals surface area contributed by atoms with Crippen molar-refractivity contribution in [2.45, 2.75) is 38.3 Å². The minimum Gasteiger partial charge on any atom is -0.493 e. The highest BCUT2D eigenvalue weighted by Gasteiger charge is 2.31. The van der Waals surface area contributed by atoms with Crippen LogP contribution >= 0.6 is 0 Å². The van der Waals surface area contributed by atoms with Crippen LogP contribution in [0.5, 0.6) is 11.5 Å². The van der Waals surface area contributed by atoms with Crippen LogP contribution in [0.4, 0.5) is 5.69 Å². The van der Waals surface area contributed by atoms with Crippen LogP contribution in [0.15, 0.2) is 48.5 Å². The summed E-state index contributed by atoms with van der Waals surface area (Å²) in [5.41, 5.74) is 9.04. The number of fused-ring (bicyclic) bond motifs is 1. The molecule has 36 heavy (non-hydrogen) atoms. The zero-order valence-corrected chi connectivity index (χ0v) is 21.6. The molecule has 2 aromatic rings. The standard InChI is InChI=1S/C15H23NO2.C14H17N3O/c1-17-14-8-7-13(12-15(14)18-2)6-5-11-16-9-3-4-10-16;15-14(18)11-7-8-17(9-11)13-6-5-10-3-1-2-4-12(10)16-13/h7-8,12H,3-6,9-11H2,1-2H3;1-6,11,13,16H,7-9H2,(H2,15,18). The SMILES string of the molecule is COc1ccc(CCCN2CCCC2)cc1OC.NC(=O)C1CCN(C2C=Cc3ccccc3N2)C1. The first kappa shape index (κ1) is 26.0. The van der Waals surface area contributed by atoms with Gasteiger partial charge in [0, 0.05) is 18.8 Å². The van der Waals surface area contributed by atoms with Crippen molar-refractivity contribution in [3.63, 3.8) is 0 Å². The van der Waals surface area contributed by atoms with Gasteiger partial charge < -0.3 is 25.4 Å². The Balaban J connectivity index is 0.000000169. The molecular formula is C29H40N4O3. The summed E-state index contributed by atoms with van der Waals surface area (Å²) in [5.74, 6) is 1.45. The zero-order valence-electron chi connectivity index (χ0n) is 21.6. The van der Waals surface area contributed by atoms with Gasteiger partial charge in [0.2, 0.25) is 5.91 Å². The van der Waals surface area contributed by atoms with Crippen LogP contribution in [0.2, 0.25) is 0 Å². The average Bonchev–Trinajstić information content (AvgIpc) is 3.62. The summed E-state index contributed by atoms with van der Waals surface area (Å²) in [6.07, 6.45) is 10.4. The predicted octanol–water partition coefficient (Wildman–Crippen LogP) is 3.99. The van der Waals surface area contributed by atoms with Gasteiger partial charge in [0.15, 0.2) is 11.5 Å². The fourth-order valence-electron chi connectivity index (χ4n) is 5.21. The van der Waals surface area contributed by atoms with Gasteiger partial charge in [0.25, 0.3) is 0 Å². The molecular weight excluding hydrogens is 452 g/mol. The monoisotopic (exact) mass is 492 g/mol. The topological polar surface area (TPSA) is 80.1 Å². The van der Waals surface area contributed by atoms with E-state index in [2.05, 4.69) is 51.5 Å². The number of aryl methyl sites for hydroxylation is 1. The minimum atomic E-state index is -0.183. The highest BCUT2D eigenvalue weighted by atomic mass is 16.5. The molecule has 0 aliphatic carbocycles. The molecule has 2 unspecified atom stereocenters. The minimum absolute atomic E-state index is 0.00243. The molecule has 5 rings (SSSR count). The van der Waals surface area contributed by atoms with Crippen LogP contribution < -0.4 is 20.5 Å². The first-order chi connectivity index (χ1) is 17.6. The molecule has 0 radical (unpaired) electrons. The van der Waals surface area contributed by atoms with E-state index in [1.54, 1.807) is 14.2 Å². The summed E-state index contributed by atoms with van der Waals surface area (Å²) in [6, 6.07) is 14.4. The predicted molar refractivity (Wildman–Crippen MR) is 145 cm³/mol. The Bertz CT molecular complexity index is 1030. The van der Waals surface area contributed by atoms with Crippen molar-refractivity contribution in [1.29, 1.82) is 0 Å². The van der Waals surface area contributed by atoms with Gasteiger partial charge in [0.05, 0.1) is 26.3 Å². The van der Waals surface area contributed by atoms with Gasteiger partial charge >= 0.3 is 0 Å². The third-order valence-corrected chi connectivity index (χ3v) is 7.32. The summed E-state index contributed by atoms with van der Waals surface area (Å²) < 4.78 is 10.6. The number of rotatable bonds is 8. The molecule has 7 nitrogen and oxygen atoms in total. The number of nitrogens with two attached hydrogens (primary N) is 1. The van der Waals surface area contributed by atoms with Crippen molar-refractivity contribution in [2.24, 2.45) is 11.7 Å². The molecule has 3 N–H and O–H groups in total. The zero-order chi connectivity index (χ0) is 25.3. The Kier molecular flexibility index (Phi) is 9.25. The van der Waals surface area contributed by atoms with Crippen molar-refractivity contribution in [2.75, 3.05) is 52.3 Å². The quantitative estimate of drug-likeness (QED) is 0.580. The van der Waals surface area contributed by atoms with Gasteiger partial charge in [0.1, 0.15) is 0 Å². The number of nitrogens with zero attached hydrogens (tertiary/aromatic N) is 2. The number of hydrogen-bond donors (Lipinski definition) is 2. The summed E-state index contributed by atoms with van der Waals surface area (Å²) in [5, 5.41) is 3.49. The number of benzene rings is 2. The first-order valence-corrected chi connectivity index (χ1v) is 13.1. The van der Waals surface area contributed by atoms with Crippen molar-refractivity contribution < 1.29 is 14.3 Å². The van der Waals surface area contributed by atoms with Gasteiger partial charge in [-0.15, -0.1) is 0 Å². The molecule has 0 aromatic heterocycles. The van der Waals surface area contributed by atoms with Crippen molar-refractivity contribution in [1.82, 2.24) is 9.80 Å². The second kappa shape index (κ2) is 12.8. The van der Waals surface area contributed by atoms with Gasteiger partial charge in [-0.25, -0.2) is 0 Å². The molecule has 0 bridgehead atoms. The number of anilines is 1. The van der Waals surface area contributed by atoms with Gasteiger partial charge in [-0.05, 0) is 87.1 Å². The van der Waals surface area contributed by atoms with Gasteiger partial charge in [-0.3, -0.25) is 9.69 Å². The number of carbonyl (C=O) groups is 1. The van der Waals surface area contributed by atoms with E-state index in [1.807, 2.05) is 18.2 Å². The number of para-hydroxylation sites is 1. The number of nitrogens with one attached hydrogen (secondary N) is 1. The lowest BCUT2D eigenvalue weighted by Gasteiger charge is -2.30. The molecule has 3 heterocycles. The molecule has 2 saturated heterocycles. The number of methoxy groups -OCH3 is 2. The molecule has 0 spiro atoms. The van der Waals surface area contributed by atoms with Gasteiger partial charge in [-0.1, -0.05) is 30.3 Å². The van der Waals surface area contributed by atoms with E-state index >= 15 is 0 Å². The highest BCUT2D eigenvalue weighted by molar-refractivity contribution is 5.77. The van der Waals surface area contributed by atoms with Crippen molar-refractivity contribution >= 4 is 17.7 Å². The maximum atomic E-state index is 11.2. The Hall–Kier alpha value is -3.03. The van der Waals surface area contributed by atoms with Crippen LogP contribution in [0.25, 0.3) is 6.08 Å². The van der Waals surface area contributed by atoms with E-state index in [1.165, 1.54) is 50.0 Å². The Morgan fingerprint density at radius 2 is 1.83 bits per heavy atom. The number of likely N-dealkylation sites (tertiary alicyclic amines) is 2. The summed E-state index contributed by atoms with van der Waals surface area (Å²) in [7, 11) is 3.36. The number of amides is 1. The molecule has 2 atom stereocenters. The van der Waals surface area contributed by atoms with Gasteiger partial charge in [-0.2, -0.15) is 0 Å². The molecule has 2 aromatic carbocycles. The van der Waals surface area contributed by atoms with Crippen LogP contribution in [0, 0.1) is 5.92 Å². The smallest absolute Gasteiger partial charge is 0.221 e. The Morgan fingerprint density at radius 1 is 1.06 bits per heavy atom. The van der Waals surface area contributed by atoms with E-state index in [0.29, 0.717) is 0 Å². The first-order valence-electron chi connectivity index (χ1n) is 13.1. The van der Waals surface area contributed by atoms with E-state index in [0.717, 1.165) is 43.1 Å². The number of primary amides is 1. The van der Waals surface area contributed by atoms with Crippen molar-refractivity contribution in [3.05, 3.63) is 59.7 Å². The molecule has 1 amide bonds. The largest absolute Gasteiger partial charge is 0.493 e. The fraction of sp³-hybridized carbons (Fsp3) is 0.483. The van der Waals surface area contributed by atoms with Crippen LogP contribution in [-0.2, 0) is 11.2 Å². The molecule has 7 heteroatoms. The molecule has 2 fully saturated rings. The lowest BCUT2D eigenvalue weighted by molar-refractivity contribution is -0.121. The second-order valence-electron chi connectivity index (χ2n) is 9.76. The van der Waals surface area contributed by atoms with E-state index in [4.69, 9.17) is 15.2 Å². The number of ether oxygens (including phenoxy) is 2. The normalized spacial score (nSPS) is 21.3. The lowest BCUT2D eigenvalue weighted by Crippen LogP contribution is -2.40. The summed E-state index contributed by atoms with van der Waals surface area (Å²) in [6.45, 7) is 5.45. The third-order valence-electron chi connectivity index (χ3n) is 7.32. The van der Waals surface area contributed by atoms with E-state index in [9.17, 15) is 4.79 Å². The summed E-state index contributed by atoms with van der Waals surface area (Å²) in [4.78, 5) is 16.0. The second-order valence-corrected chi connectivity index (χ2v) is 9.76. The number of hydrogen-bond acceptors (Lipinski definition) is 6. The van der Waals surface area contributed by atoms with E-state index in [-0.39, 0.29) is 18.0 Å². The molecule has 0 saturated carbocycles. The number of carbonyl (C=O) groups excluding carboxylic acids is 1. The molecule has 194 valence electrons. The highest BCUT2D eigenvalue weighted by Crippen LogP contribution is 2.28. The maximum absolute atomic E-state index is 11.2. The average molecular weight is 493 g/mol. The summed E-state index contributed by atoms with van der Waals surface area (Å²) >= 11 is 0. The lowest BCUT2D eigenvalue weighted by atomic mass is 10.1. The fourth-order valence-corrected chi connectivity index (χ4v) is 5.21. The van der Waals surface area contributed by atoms with E-state index < -0.39 is 0 Å².